The highest BCUT2D eigenvalue weighted by Crippen LogP contribution is 2.27. The van der Waals surface area contributed by atoms with Crippen LogP contribution >= 0.6 is 0 Å². The van der Waals surface area contributed by atoms with Gasteiger partial charge in [-0.05, 0) is 12.1 Å². The summed E-state index contributed by atoms with van der Waals surface area (Å²) >= 11 is 0. The van der Waals surface area contributed by atoms with Crippen LogP contribution in [-0.4, -0.2) is 18.0 Å². The van der Waals surface area contributed by atoms with Crippen molar-refractivity contribution in [3.63, 3.8) is 0 Å². The molecule has 0 aliphatic heterocycles. The lowest BCUT2D eigenvalue weighted by molar-refractivity contribution is -0.385. The van der Waals surface area contributed by atoms with Crippen LogP contribution in [0.1, 0.15) is 11.1 Å². The Hall–Kier alpha value is -2.62. The molecule has 0 aromatic heterocycles. The number of ether oxygens (including phenoxy) is 1. The van der Waals surface area contributed by atoms with E-state index in [2.05, 4.69) is 4.74 Å². The van der Waals surface area contributed by atoms with Crippen molar-refractivity contribution in [2.45, 2.75) is 6.42 Å². The van der Waals surface area contributed by atoms with Gasteiger partial charge in [0.1, 0.15) is 11.6 Å². The fraction of sp³-hybridized carbons (Fsp3) is 0.200. The molecule has 7 heteroatoms. The molecule has 0 radical (unpaired) electrons. The molecule has 1 aromatic rings. The minimum Gasteiger partial charge on any atom is -0.469 e. The molecular weight excluding hydrogens is 226 g/mol. The molecule has 2 N–H and O–H groups in total. The van der Waals surface area contributed by atoms with Crippen LogP contribution in [0.15, 0.2) is 12.1 Å². The van der Waals surface area contributed by atoms with Crippen LogP contribution in [-0.2, 0) is 16.0 Å². The van der Waals surface area contributed by atoms with Gasteiger partial charge in [-0.2, -0.15) is 5.26 Å². The van der Waals surface area contributed by atoms with Gasteiger partial charge in [-0.25, -0.2) is 0 Å². The van der Waals surface area contributed by atoms with Crippen molar-refractivity contribution in [1.82, 2.24) is 0 Å². The maximum Gasteiger partial charge on any atom is 0.310 e. The number of nitrogens with zero attached hydrogens (tertiary/aromatic N) is 2. The summed E-state index contributed by atoms with van der Waals surface area (Å²) in [6.07, 6.45) is -0.299. The average molecular weight is 235 g/mol. The van der Waals surface area contributed by atoms with Gasteiger partial charge in [0.2, 0.25) is 0 Å². The molecule has 0 spiro atoms. The third-order valence-electron chi connectivity index (χ3n) is 2.08. The molecule has 0 atom stereocenters. The number of hydrogen-bond acceptors (Lipinski definition) is 6. The first kappa shape index (κ1) is 12.4. The number of nitrogen functional groups attached to an aromatic ring is 1. The number of nitrogens with two attached hydrogens (primary N) is 1. The maximum absolute atomic E-state index is 11.1. The Kier molecular flexibility index (Phi) is 3.62. The van der Waals surface area contributed by atoms with Crippen LogP contribution in [0, 0.1) is 21.4 Å². The monoisotopic (exact) mass is 235 g/mol. The lowest BCUT2D eigenvalue weighted by atomic mass is 10.0. The van der Waals surface area contributed by atoms with E-state index in [4.69, 9.17) is 11.0 Å². The van der Waals surface area contributed by atoms with E-state index < -0.39 is 16.6 Å². The first-order valence-electron chi connectivity index (χ1n) is 4.53. The quantitative estimate of drug-likeness (QED) is 0.357. The largest absolute Gasteiger partial charge is 0.469 e. The van der Waals surface area contributed by atoms with Crippen LogP contribution in [0.5, 0.6) is 0 Å². The fourth-order valence-corrected chi connectivity index (χ4v) is 1.38. The van der Waals surface area contributed by atoms with Gasteiger partial charge in [0.05, 0.1) is 18.5 Å². The van der Waals surface area contributed by atoms with Gasteiger partial charge in [-0.3, -0.25) is 14.9 Å². The van der Waals surface area contributed by atoms with Gasteiger partial charge < -0.3 is 10.5 Å². The van der Waals surface area contributed by atoms with Crippen LogP contribution in [0.3, 0.4) is 0 Å². The SMILES string of the molecule is COC(=O)Cc1cc(N)cc(C#N)c1[N+](=O)[O-]. The number of carbonyl (C=O) groups is 1. The van der Waals surface area contributed by atoms with Crippen molar-refractivity contribution in [1.29, 1.82) is 5.26 Å². The Labute approximate surface area is 96.6 Å². The summed E-state index contributed by atoms with van der Waals surface area (Å²) in [5.74, 6) is -0.636. The Balaban J connectivity index is 3.36. The summed E-state index contributed by atoms with van der Waals surface area (Å²) in [7, 11) is 1.17. The Morgan fingerprint density at radius 1 is 1.65 bits per heavy atom. The number of hydrogen-bond donors (Lipinski definition) is 1. The zero-order chi connectivity index (χ0) is 13.0. The smallest absolute Gasteiger partial charge is 0.310 e. The second-order valence-electron chi connectivity index (χ2n) is 3.20. The van der Waals surface area contributed by atoms with Crippen molar-refractivity contribution in [2.75, 3.05) is 12.8 Å². The van der Waals surface area contributed by atoms with Crippen molar-refractivity contribution in [3.05, 3.63) is 33.4 Å². The van der Waals surface area contributed by atoms with Crippen molar-refractivity contribution in [3.8, 4) is 6.07 Å². The number of esters is 1. The molecule has 88 valence electrons. The summed E-state index contributed by atoms with van der Waals surface area (Å²) < 4.78 is 4.42. The molecular formula is C10H9N3O4. The van der Waals surface area contributed by atoms with Crippen LogP contribution in [0.2, 0.25) is 0 Å². The number of anilines is 1. The molecule has 0 fully saturated rings. The number of nitro groups is 1. The number of rotatable bonds is 3. The lowest BCUT2D eigenvalue weighted by Crippen LogP contribution is -2.08. The van der Waals surface area contributed by atoms with E-state index in [0.717, 1.165) is 0 Å². The second-order valence-corrected chi connectivity index (χ2v) is 3.20. The first-order valence-corrected chi connectivity index (χ1v) is 4.53. The normalized spacial score (nSPS) is 9.41. The van der Waals surface area contributed by atoms with E-state index in [0.29, 0.717) is 0 Å². The molecule has 0 saturated carbocycles. The van der Waals surface area contributed by atoms with Crippen molar-refractivity contribution in [2.24, 2.45) is 0 Å². The first-order chi connectivity index (χ1) is 7.99. The van der Waals surface area contributed by atoms with Crippen molar-refractivity contribution < 1.29 is 14.5 Å². The highest BCUT2D eigenvalue weighted by molar-refractivity contribution is 5.76. The summed E-state index contributed by atoms with van der Waals surface area (Å²) in [6.45, 7) is 0. The summed E-state index contributed by atoms with van der Waals surface area (Å²) in [5, 5.41) is 19.6. The van der Waals surface area contributed by atoms with E-state index in [1.165, 1.54) is 19.2 Å². The number of methoxy groups -OCH3 is 1. The molecule has 0 heterocycles. The summed E-state index contributed by atoms with van der Waals surface area (Å²) in [6, 6.07) is 4.16. The zero-order valence-electron chi connectivity index (χ0n) is 8.97. The van der Waals surface area contributed by atoms with Gasteiger partial charge in [0.15, 0.2) is 0 Å². The second kappa shape index (κ2) is 4.94. The minimum atomic E-state index is -0.712. The average Bonchev–Trinajstić information content (AvgIpc) is 2.27. The molecule has 0 unspecified atom stereocenters. The fourth-order valence-electron chi connectivity index (χ4n) is 1.38. The molecule has 0 bridgehead atoms. The van der Waals surface area contributed by atoms with Gasteiger partial charge in [-0.15, -0.1) is 0 Å². The third-order valence-corrected chi connectivity index (χ3v) is 2.08. The Morgan fingerprint density at radius 3 is 2.76 bits per heavy atom. The predicted molar refractivity (Wildman–Crippen MR) is 57.9 cm³/mol. The number of carbonyl (C=O) groups excluding carboxylic acids is 1. The molecule has 1 aromatic carbocycles. The van der Waals surface area contributed by atoms with E-state index in [9.17, 15) is 14.9 Å². The van der Waals surface area contributed by atoms with E-state index in [1.807, 2.05) is 0 Å². The van der Waals surface area contributed by atoms with Crippen molar-refractivity contribution >= 4 is 17.3 Å². The van der Waals surface area contributed by atoms with E-state index in [1.54, 1.807) is 6.07 Å². The van der Waals surface area contributed by atoms with Gasteiger partial charge in [0.25, 0.3) is 5.69 Å². The molecule has 0 saturated heterocycles. The van der Waals surface area contributed by atoms with Gasteiger partial charge in [0, 0.05) is 11.3 Å². The molecule has 0 aliphatic carbocycles. The zero-order valence-corrected chi connectivity index (χ0v) is 8.97. The lowest BCUT2D eigenvalue weighted by Gasteiger charge is -2.04. The van der Waals surface area contributed by atoms with Gasteiger partial charge in [-0.1, -0.05) is 0 Å². The Bertz CT molecular complexity index is 519. The number of nitriles is 1. The Morgan fingerprint density at radius 2 is 2.29 bits per heavy atom. The minimum absolute atomic E-state index is 0.0680. The standard InChI is InChI=1S/C10H9N3O4/c1-17-9(14)4-6-2-8(12)3-7(5-11)10(6)13(15)16/h2-3H,4,12H2,1H3. The topological polar surface area (TPSA) is 119 Å². The highest BCUT2D eigenvalue weighted by atomic mass is 16.6. The summed E-state index contributed by atoms with van der Waals surface area (Å²) in [5.41, 5.74) is 5.17. The molecule has 7 nitrogen and oxygen atoms in total. The van der Waals surface area contributed by atoms with E-state index >= 15 is 0 Å². The van der Waals surface area contributed by atoms with Gasteiger partial charge >= 0.3 is 5.97 Å². The molecule has 0 aliphatic rings. The molecule has 1 rings (SSSR count). The van der Waals surface area contributed by atoms with Crippen LogP contribution in [0.4, 0.5) is 11.4 Å². The predicted octanol–water partition coefficient (Wildman–Crippen LogP) is 0.764. The van der Waals surface area contributed by atoms with E-state index in [-0.39, 0.29) is 23.2 Å². The van der Waals surface area contributed by atoms with Crippen LogP contribution in [0.25, 0.3) is 0 Å². The number of nitro benzene ring substituents is 1. The maximum atomic E-state index is 11.1. The molecule has 17 heavy (non-hydrogen) atoms. The third kappa shape index (κ3) is 2.69. The number of benzene rings is 1. The highest BCUT2D eigenvalue weighted by Gasteiger charge is 2.22. The summed E-state index contributed by atoms with van der Waals surface area (Å²) in [4.78, 5) is 21.2. The van der Waals surface area contributed by atoms with Crippen LogP contribution < -0.4 is 5.73 Å². The molecule has 0 amide bonds.